The molecule has 0 bridgehead atoms. The van der Waals surface area contributed by atoms with Gasteiger partial charge in [-0.25, -0.2) is 8.42 Å². The lowest BCUT2D eigenvalue weighted by molar-refractivity contribution is -0.274. The second-order valence-electron chi connectivity index (χ2n) is 6.99. The van der Waals surface area contributed by atoms with E-state index in [4.69, 9.17) is 4.74 Å². The number of halogens is 3. The van der Waals surface area contributed by atoms with Crippen molar-refractivity contribution in [3.05, 3.63) is 54.1 Å². The summed E-state index contributed by atoms with van der Waals surface area (Å²) in [5, 5.41) is 0. The Balaban J connectivity index is 1.54. The number of benzene rings is 2. The van der Waals surface area contributed by atoms with Crippen molar-refractivity contribution in [2.24, 2.45) is 0 Å². The maximum Gasteiger partial charge on any atom is 0.573 e. The summed E-state index contributed by atoms with van der Waals surface area (Å²) in [5.74, 6) is -0.191. The summed E-state index contributed by atoms with van der Waals surface area (Å²) in [7, 11) is -3.96. The number of Topliss-reactive ketones (excluding diaryl/α,β-unsaturated/α-hetero) is 1. The first-order valence-corrected chi connectivity index (χ1v) is 10.2. The van der Waals surface area contributed by atoms with Crippen LogP contribution in [-0.2, 0) is 10.0 Å². The number of nitrogens with zero attached hydrogens (tertiary/aromatic N) is 1. The molecule has 1 saturated heterocycles. The van der Waals surface area contributed by atoms with Gasteiger partial charge in [0.15, 0.2) is 5.78 Å². The van der Waals surface area contributed by atoms with Crippen LogP contribution in [-0.4, -0.2) is 43.6 Å². The number of alkyl halides is 3. The first-order chi connectivity index (χ1) is 13.6. The minimum Gasteiger partial charge on any atom is -0.485 e. The molecule has 2 aliphatic rings. The van der Waals surface area contributed by atoms with Crippen LogP contribution in [0.2, 0.25) is 0 Å². The fourth-order valence-electron chi connectivity index (χ4n) is 3.65. The molecule has 6 nitrogen and oxygen atoms in total. The van der Waals surface area contributed by atoms with Crippen molar-refractivity contribution in [3.63, 3.8) is 0 Å². The number of carbonyl (C=O) groups is 1. The van der Waals surface area contributed by atoms with E-state index in [9.17, 15) is 26.4 Å². The van der Waals surface area contributed by atoms with Gasteiger partial charge in [-0.1, -0.05) is 12.1 Å². The molecule has 4 rings (SSSR count). The summed E-state index contributed by atoms with van der Waals surface area (Å²) in [5.41, 5.74) is -0.475. The maximum absolute atomic E-state index is 12.9. The zero-order valence-electron chi connectivity index (χ0n) is 15.0. The average molecular weight is 427 g/mol. The molecule has 29 heavy (non-hydrogen) atoms. The Morgan fingerprint density at radius 2 is 1.76 bits per heavy atom. The normalized spacial score (nSPS) is 22.4. The fraction of sp³-hybridized carbons (Fsp3) is 0.316. The van der Waals surface area contributed by atoms with Crippen molar-refractivity contribution >= 4 is 15.8 Å². The number of hydrogen-bond acceptors (Lipinski definition) is 5. The van der Waals surface area contributed by atoms with Crippen LogP contribution in [0.25, 0.3) is 0 Å². The van der Waals surface area contributed by atoms with Gasteiger partial charge >= 0.3 is 6.36 Å². The summed E-state index contributed by atoms with van der Waals surface area (Å²) in [6.07, 6.45) is -4.46. The minimum atomic E-state index is -4.86. The third-order valence-corrected chi connectivity index (χ3v) is 6.83. The third kappa shape index (κ3) is 3.82. The average Bonchev–Trinajstić information content (AvgIpc) is 3.05. The van der Waals surface area contributed by atoms with Gasteiger partial charge in [-0.15, -0.1) is 13.2 Å². The third-order valence-electron chi connectivity index (χ3n) is 4.97. The predicted molar refractivity (Wildman–Crippen MR) is 95.2 cm³/mol. The molecule has 1 atom stereocenters. The van der Waals surface area contributed by atoms with E-state index in [0.717, 1.165) is 24.3 Å². The van der Waals surface area contributed by atoms with E-state index < -0.39 is 27.7 Å². The minimum absolute atomic E-state index is 0.0176. The number of fused-ring (bicyclic) bond motifs is 1. The Morgan fingerprint density at radius 1 is 1.07 bits per heavy atom. The van der Waals surface area contributed by atoms with Crippen molar-refractivity contribution in [3.8, 4) is 11.5 Å². The molecule has 0 aliphatic carbocycles. The fourth-order valence-corrected chi connectivity index (χ4v) is 5.16. The Hall–Kier alpha value is -2.59. The topological polar surface area (TPSA) is 72.9 Å². The molecule has 0 amide bonds. The van der Waals surface area contributed by atoms with E-state index in [1.54, 1.807) is 24.3 Å². The Bertz CT molecular complexity index is 1050. The molecule has 1 spiro atoms. The smallest absolute Gasteiger partial charge is 0.485 e. The molecule has 1 unspecified atom stereocenters. The van der Waals surface area contributed by atoms with Crippen LogP contribution in [0.3, 0.4) is 0 Å². The van der Waals surface area contributed by atoms with Crippen LogP contribution >= 0.6 is 0 Å². The van der Waals surface area contributed by atoms with Crippen molar-refractivity contribution in [2.75, 3.05) is 13.1 Å². The van der Waals surface area contributed by atoms with Gasteiger partial charge in [-0.05, 0) is 36.4 Å². The van der Waals surface area contributed by atoms with E-state index in [0.29, 0.717) is 17.7 Å². The lowest BCUT2D eigenvalue weighted by Crippen LogP contribution is -2.45. The maximum atomic E-state index is 12.9. The van der Waals surface area contributed by atoms with Crippen LogP contribution in [0.5, 0.6) is 11.5 Å². The van der Waals surface area contributed by atoms with Crippen LogP contribution in [0.1, 0.15) is 23.2 Å². The number of ketones is 1. The molecule has 154 valence electrons. The van der Waals surface area contributed by atoms with Gasteiger partial charge in [-0.3, -0.25) is 4.79 Å². The van der Waals surface area contributed by atoms with Crippen LogP contribution < -0.4 is 9.47 Å². The Labute approximate surface area is 164 Å². The van der Waals surface area contributed by atoms with Gasteiger partial charge in [0.1, 0.15) is 17.1 Å². The SMILES string of the molecule is O=C1CC2(CCN(S(=O)(=O)c3ccc(OC(F)(F)F)cc3)C2)Oc2ccccc21. The number of ether oxygens (including phenoxy) is 2. The largest absolute Gasteiger partial charge is 0.573 e. The summed E-state index contributed by atoms with van der Waals surface area (Å²) in [6, 6.07) is 10.8. The lowest BCUT2D eigenvalue weighted by Gasteiger charge is -2.34. The molecule has 2 heterocycles. The standard InChI is InChI=1S/C19H16F3NO5S/c20-19(21,22)27-13-5-7-14(8-6-13)29(25,26)23-10-9-18(12-23)11-16(24)15-3-1-2-4-17(15)28-18/h1-8H,9-12H2. The van der Waals surface area contributed by atoms with Crippen molar-refractivity contribution < 1.29 is 35.9 Å². The summed E-state index contributed by atoms with van der Waals surface area (Å²) in [4.78, 5) is 12.3. The molecule has 0 aromatic heterocycles. The molecule has 1 fully saturated rings. The summed E-state index contributed by atoms with van der Waals surface area (Å²) >= 11 is 0. The highest BCUT2D eigenvalue weighted by molar-refractivity contribution is 7.89. The number of sulfonamides is 1. The second-order valence-corrected chi connectivity index (χ2v) is 8.93. The zero-order valence-corrected chi connectivity index (χ0v) is 15.8. The van der Waals surface area contributed by atoms with Crippen LogP contribution in [0, 0.1) is 0 Å². The van der Waals surface area contributed by atoms with Gasteiger partial charge in [0.2, 0.25) is 10.0 Å². The number of carbonyl (C=O) groups excluding carboxylic acids is 1. The molecular formula is C19H16F3NO5S. The molecule has 0 saturated carbocycles. The highest BCUT2D eigenvalue weighted by Crippen LogP contribution is 2.40. The summed E-state index contributed by atoms with van der Waals surface area (Å²) in [6.45, 7) is 0.120. The van der Waals surface area contributed by atoms with Crippen molar-refractivity contribution in [1.29, 1.82) is 0 Å². The van der Waals surface area contributed by atoms with E-state index in [2.05, 4.69) is 4.74 Å². The van der Waals surface area contributed by atoms with E-state index >= 15 is 0 Å². The molecule has 0 radical (unpaired) electrons. The van der Waals surface area contributed by atoms with Crippen LogP contribution in [0.15, 0.2) is 53.4 Å². The van der Waals surface area contributed by atoms with E-state index in [1.165, 1.54) is 4.31 Å². The number of hydrogen-bond donors (Lipinski definition) is 0. The molecule has 2 aromatic carbocycles. The lowest BCUT2D eigenvalue weighted by atomic mass is 9.89. The van der Waals surface area contributed by atoms with Crippen LogP contribution in [0.4, 0.5) is 13.2 Å². The highest BCUT2D eigenvalue weighted by atomic mass is 32.2. The molecule has 2 aliphatic heterocycles. The second kappa shape index (κ2) is 6.74. The highest BCUT2D eigenvalue weighted by Gasteiger charge is 2.48. The monoisotopic (exact) mass is 427 g/mol. The molecule has 10 heteroatoms. The predicted octanol–water partition coefficient (Wildman–Crippen LogP) is 3.38. The first kappa shape index (κ1) is 19.7. The van der Waals surface area contributed by atoms with E-state index in [-0.39, 0.29) is 30.2 Å². The van der Waals surface area contributed by atoms with E-state index in [1.807, 2.05) is 0 Å². The molecule has 2 aromatic rings. The van der Waals surface area contributed by atoms with Gasteiger partial charge < -0.3 is 9.47 Å². The number of rotatable bonds is 3. The molecular weight excluding hydrogens is 411 g/mol. The van der Waals surface area contributed by atoms with Gasteiger partial charge in [0.05, 0.1) is 23.4 Å². The first-order valence-electron chi connectivity index (χ1n) is 8.75. The van der Waals surface area contributed by atoms with Gasteiger partial charge in [-0.2, -0.15) is 4.31 Å². The zero-order chi connectivity index (χ0) is 20.9. The van der Waals surface area contributed by atoms with Gasteiger partial charge in [0.25, 0.3) is 0 Å². The number of para-hydroxylation sites is 1. The van der Waals surface area contributed by atoms with Crippen molar-refractivity contribution in [1.82, 2.24) is 4.31 Å². The van der Waals surface area contributed by atoms with Crippen molar-refractivity contribution in [2.45, 2.75) is 29.7 Å². The van der Waals surface area contributed by atoms with Gasteiger partial charge in [0, 0.05) is 13.0 Å². The summed E-state index contributed by atoms with van der Waals surface area (Å²) < 4.78 is 73.6. The Kier molecular flexibility index (Phi) is 4.58. The molecule has 0 N–H and O–H groups in total. The Morgan fingerprint density at radius 3 is 2.45 bits per heavy atom. The quantitative estimate of drug-likeness (QED) is 0.751.